The predicted molar refractivity (Wildman–Crippen MR) is 104 cm³/mol. The number of hydrogen-bond donors (Lipinski definition) is 1. The molecule has 0 saturated heterocycles. The van der Waals surface area contributed by atoms with Crippen LogP contribution in [0.3, 0.4) is 0 Å². The van der Waals surface area contributed by atoms with E-state index in [9.17, 15) is 13.9 Å². The summed E-state index contributed by atoms with van der Waals surface area (Å²) in [5.74, 6) is -2.97. The number of benzene rings is 2. The molecule has 2 aromatic carbocycles. The molecule has 27 heavy (non-hydrogen) atoms. The number of allylic oxidation sites excluding steroid dienone is 2. The Morgan fingerprint density at radius 1 is 1.22 bits per heavy atom. The van der Waals surface area contributed by atoms with Gasteiger partial charge in [-0.2, -0.15) is 0 Å². The van der Waals surface area contributed by atoms with Gasteiger partial charge in [0.2, 0.25) is 0 Å². The molecular weight excluding hydrogens is 396 g/mol. The Morgan fingerprint density at radius 3 is 2.48 bits per heavy atom. The van der Waals surface area contributed by atoms with Crippen molar-refractivity contribution >= 4 is 31.7 Å². The smallest absolute Gasteiger partial charge is 0.191 e. The monoisotopic (exact) mass is 412 g/mol. The lowest BCUT2D eigenvalue weighted by Crippen LogP contribution is -2.08. The van der Waals surface area contributed by atoms with Crippen LogP contribution in [0.1, 0.15) is 30.4 Å². The number of rotatable bonds is 4. The largest absolute Gasteiger partial charge is 0.508 e. The summed E-state index contributed by atoms with van der Waals surface area (Å²) in [6.45, 7) is 0. The van der Waals surface area contributed by atoms with Crippen LogP contribution in [-0.2, 0) is 0 Å². The van der Waals surface area contributed by atoms with Crippen molar-refractivity contribution in [2.75, 3.05) is 7.11 Å². The van der Waals surface area contributed by atoms with Crippen molar-refractivity contribution in [2.24, 2.45) is 0 Å². The topological polar surface area (TPSA) is 29.5 Å². The van der Waals surface area contributed by atoms with E-state index in [0.29, 0.717) is 10.9 Å². The molecule has 0 radical (unpaired) electrons. The molecule has 7 heteroatoms. The number of halogens is 4. The first-order chi connectivity index (χ1) is 12.8. The fourth-order valence-electron chi connectivity index (χ4n) is 2.92. The van der Waals surface area contributed by atoms with E-state index in [4.69, 9.17) is 16.3 Å². The van der Waals surface area contributed by atoms with Gasteiger partial charge in [-0.3, -0.25) is 0 Å². The number of aliphatic hydroxyl groups is 1. The third-order valence-corrected chi connectivity index (χ3v) is 5.28. The highest BCUT2D eigenvalue weighted by molar-refractivity contribution is 7.27. The van der Waals surface area contributed by atoms with E-state index in [1.807, 2.05) is 0 Å². The summed E-state index contributed by atoms with van der Waals surface area (Å²) >= 11 is 6.15. The fourth-order valence-corrected chi connectivity index (χ4v) is 3.61. The summed E-state index contributed by atoms with van der Waals surface area (Å²) in [4.78, 5) is 0. The fraction of sp³-hybridized carbons (Fsp3) is 0.200. The first-order valence-corrected chi connectivity index (χ1v) is 9.19. The molecular formula is C20H17ClF3O2P. The molecule has 1 saturated carbocycles. The summed E-state index contributed by atoms with van der Waals surface area (Å²) in [6.07, 6.45) is 3.84. The Hall–Kier alpha value is -1.97. The summed E-state index contributed by atoms with van der Waals surface area (Å²) in [5, 5.41) is 10.7. The van der Waals surface area contributed by atoms with Crippen LogP contribution in [0, 0.1) is 17.5 Å². The molecule has 0 bridgehead atoms. The maximum absolute atomic E-state index is 15.0. The van der Waals surface area contributed by atoms with E-state index in [1.54, 1.807) is 0 Å². The zero-order valence-electron chi connectivity index (χ0n) is 14.5. The summed E-state index contributed by atoms with van der Waals surface area (Å²) < 4.78 is 47.3. The highest BCUT2D eigenvalue weighted by Gasteiger charge is 2.24. The minimum absolute atomic E-state index is 0.00346. The minimum Gasteiger partial charge on any atom is -0.508 e. The highest BCUT2D eigenvalue weighted by Crippen LogP contribution is 2.39. The predicted octanol–water partition coefficient (Wildman–Crippen LogP) is 5.69. The van der Waals surface area contributed by atoms with Gasteiger partial charge in [0, 0.05) is 5.56 Å². The van der Waals surface area contributed by atoms with Gasteiger partial charge in [0.1, 0.15) is 11.6 Å². The molecule has 3 rings (SSSR count). The van der Waals surface area contributed by atoms with Gasteiger partial charge in [-0.1, -0.05) is 17.7 Å². The van der Waals surface area contributed by atoms with E-state index in [-0.39, 0.29) is 21.9 Å². The van der Waals surface area contributed by atoms with E-state index in [1.165, 1.54) is 24.3 Å². The molecule has 1 N–H and O–H groups in total. The maximum atomic E-state index is 15.0. The average molecular weight is 413 g/mol. The molecule has 2 nitrogen and oxygen atoms in total. The number of hydrogen-bond acceptors (Lipinski definition) is 2. The Kier molecular flexibility index (Phi) is 5.83. The molecule has 0 spiro atoms. The minimum atomic E-state index is -0.992. The average Bonchev–Trinajstić information content (AvgIpc) is 2.52. The molecule has 0 heterocycles. The van der Waals surface area contributed by atoms with Gasteiger partial charge < -0.3 is 9.84 Å². The van der Waals surface area contributed by atoms with Gasteiger partial charge in [0.05, 0.1) is 12.1 Å². The van der Waals surface area contributed by atoms with E-state index in [2.05, 4.69) is 9.24 Å². The molecule has 1 fully saturated rings. The summed E-state index contributed by atoms with van der Waals surface area (Å²) in [7, 11) is 3.52. The second kappa shape index (κ2) is 7.95. The molecule has 0 aromatic heterocycles. The zero-order chi connectivity index (χ0) is 19.7. The van der Waals surface area contributed by atoms with Gasteiger partial charge in [-0.05, 0) is 65.6 Å². The summed E-state index contributed by atoms with van der Waals surface area (Å²) in [5.41, 5.74) is 1.35. The molecule has 0 aliphatic heterocycles. The Bertz CT molecular complexity index is 964. The Balaban J connectivity index is 2.30. The van der Waals surface area contributed by atoms with Gasteiger partial charge in [-0.15, -0.1) is 9.24 Å². The number of ether oxygens (including phenoxy) is 1. The lowest BCUT2D eigenvalue weighted by Gasteiger charge is -2.19. The maximum Gasteiger partial charge on any atom is 0.191 e. The standard InChI is InChI=1S/C20H17ClF3O2P/c1-26-20-15(23)9-14(21)18(19(20)24)13(8-16(25)10-3-2-4-10)12-6-5-11(22)7-17(12)27/h5-9,25H,2-4,27H2,1H3/b13-8-. The van der Waals surface area contributed by atoms with Gasteiger partial charge in [-0.25, -0.2) is 13.2 Å². The van der Waals surface area contributed by atoms with Crippen LogP contribution in [0.5, 0.6) is 5.75 Å². The zero-order valence-corrected chi connectivity index (χ0v) is 16.4. The molecule has 1 unspecified atom stereocenters. The second-order valence-corrected chi connectivity index (χ2v) is 7.22. The normalized spacial score (nSPS) is 14.1. The SMILES string of the molecule is COc1c(F)cc(Cl)c(/C(=C\C(O)=C2CCC2)c2ccc(F)cc2P)c1F. The number of methoxy groups -OCH3 is 1. The van der Waals surface area contributed by atoms with Crippen LogP contribution >= 0.6 is 20.8 Å². The molecule has 1 atom stereocenters. The van der Waals surface area contributed by atoms with Crippen molar-refractivity contribution in [3.63, 3.8) is 0 Å². The number of aliphatic hydroxyl groups excluding tert-OH is 1. The van der Waals surface area contributed by atoms with E-state index < -0.39 is 23.2 Å². The third kappa shape index (κ3) is 3.85. The Labute approximate surface area is 162 Å². The van der Waals surface area contributed by atoms with Gasteiger partial charge >= 0.3 is 0 Å². The van der Waals surface area contributed by atoms with Crippen molar-refractivity contribution in [3.8, 4) is 5.75 Å². The molecule has 142 valence electrons. The third-order valence-electron chi connectivity index (χ3n) is 4.51. The van der Waals surface area contributed by atoms with Crippen molar-refractivity contribution in [3.05, 3.63) is 75.3 Å². The first-order valence-electron chi connectivity index (χ1n) is 8.23. The molecule has 1 aliphatic rings. The summed E-state index contributed by atoms with van der Waals surface area (Å²) in [6, 6.07) is 4.88. The van der Waals surface area contributed by atoms with Crippen LogP contribution in [0.25, 0.3) is 5.57 Å². The lowest BCUT2D eigenvalue weighted by atomic mass is 9.89. The quantitative estimate of drug-likeness (QED) is 0.516. The molecule has 1 aliphatic carbocycles. The van der Waals surface area contributed by atoms with Gasteiger partial charge in [0.15, 0.2) is 17.4 Å². The van der Waals surface area contributed by atoms with Crippen LogP contribution in [0.15, 0.2) is 41.7 Å². The first kappa shape index (κ1) is 19.8. The van der Waals surface area contributed by atoms with Crippen molar-refractivity contribution < 1.29 is 23.0 Å². The van der Waals surface area contributed by atoms with Crippen LogP contribution in [-0.4, -0.2) is 12.2 Å². The second-order valence-electron chi connectivity index (χ2n) is 6.19. The molecule has 2 aromatic rings. The molecule has 0 amide bonds. The highest BCUT2D eigenvalue weighted by atomic mass is 35.5. The van der Waals surface area contributed by atoms with Crippen LogP contribution < -0.4 is 10.0 Å². The van der Waals surface area contributed by atoms with Crippen LogP contribution in [0.2, 0.25) is 5.02 Å². The lowest BCUT2D eigenvalue weighted by molar-refractivity contribution is 0.359. The van der Waals surface area contributed by atoms with Crippen molar-refractivity contribution in [1.29, 1.82) is 0 Å². The van der Waals surface area contributed by atoms with Crippen LogP contribution in [0.4, 0.5) is 13.2 Å². The van der Waals surface area contributed by atoms with E-state index >= 15 is 4.39 Å². The van der Waals surface area contributed by atoms with Gasteiger partial charge in [0.25, 0.3) is 0 Å². The van der Waals surface area contributed by atoms with E-state index in [0.717, 1.165) is 38.0 Å². The van der Waals surface area contributed by atoms with Crippen molar-refractivity contribution in [2.45, 2.75) is 19.3 Å². The van der Waals surface area contributed by atoms with Crippen molar-refractivity contribution in [1.82, 2.24) is 0 Å². The Morgan fingerprint density at radius 2 is 1.93 bits per heavy atom.